The Hall–Kier alpha value is -3.60. The molecule has 0 aromatic heterocycles. The van der Waals surface area contributed by atoms with E-state index in [0.717, 1.165) is 96.3 Å². The Labute approximate surface area is 489 Å². The van der Waals surface area contributed by atoms with Crippen molar-refractivity contribution in [3.63, 3.8) is 0 Å². The van der Waals surface area contributed by atoms with Crippen molar-refractivity contribution in [1.82, 2.24) is 0 Å². The minimum Gasteiger partial charge on any atom is -0.462 e. The number of carbonyl (C=O) groups is 3. The zero-order chi connectivity index (χ0) is 58.3. The molecule has 0 bridgehead atoms. The highest BCUT2D eigenvalue weighted by Gasteiger charge is 2.28. The van der Waals surface area contributed by atoms with Crippen LogP contribution in [-0.2, 0) is 42.2 Å². The zero-order valence-corrected chi connectivity index (χ0v) is 51.9. The van der Waals surface area contributed by atoms with Crippen LogP contribution in [0.5, 0.6) is 0 Å². The van der Waals surface area contributed by atoms with Gasteiger partial charge in [-0.2, -0.15) is 0 Å². The molecule has 3 atom stereocenters. The molecule has 11 nitrogen and oxygen atoms in total. The average Bonchev–Trinajstić information content (AvgIpc) is 3.45. The maximum absolute atomic E-state index is 13.0. The molecule has 80 heavy (non-hydrogen) atoms. The van der Waals surface area contributed by atoms with Gasteiger partial charge in [-0.15, -0.1) is 0 Å². The molecule has 0 aromatic rings. The van der Waals surface area contributed by atoms with E-state index in [1.165, 1.54) is 122 Å². The summed E-state index contributed by atoms with van der Waals surface area (Å²) in [6.07, 6.45) is 73.9. The summed E-state index contributed by atoms with van der Waals surface area (Å²) in [5.74, 6) is -1.61. The highest BCUT2D eigenvalue weighted by Crippen LogP contribution is 2.43. The molecule has 2 N–H and O–H groups in total. The third-order valence-electron chi connectivity index (χ3n) is 13.5. The molecule has 0 spiro atoms. The quantitative estimate of drug-likeness (QED) is 0.0197. The molecule has 0 aliphatic carbocycles. The van der Waals surface area contributed by atoms with E-state index in [-0.39, 0.29) is 25.9 Å². The van der Waals surface area contributed by atoms with E-state index in [4.69, 9.17) is 23.3 Å². The van der Waals surface area contributed by atoms with Gasteiger partial charge in [0.2, 0.25) is 0 Å². The van der Waals surface area contributed by atoms with Crippen molar-refractivity contribution in [3.8, 4) is 0 Å². The summed E-state index contributed by atoms with van der Waals surface area (Å²) in [6, 6.07) is 0. The van der Waals surface area contributed by atoms with E-state index in [9.17, 15) is 28.9 Å². The van der Waals surface area contributed by atoms with E-state index < -0.39 is 57.8 Å². The smallest absolute Gasteiger partial charge is 0.462 e. The first-order valence-corrected chi connectivity index (χ1v) is 33.6. The van der Waals surface area contributed by atoms with Crippen LogP contribution < -0.4 is 0 Å². The van der Waals surface area contributed by atoms with Gasteiger partial charge in [-0.05, 0) is 83.5 Å². The van der Waals surface area contributed by atoms with Crippen LogP contribution in [0.2, 0.25) is 0 Å². The number of aliphatic hydroxyl groups excluding tert-OH is 1. The summed E-state index contributed by atoms with van der Waals surface area (Å²) in [4.78, 5) is 48.7. The van der Waals surface area contributed by atoms with Gasteiger partial charge in [0.1, 0.15) is 12.7 Å². The van der Waals surface area contributed by atoms with E-state index in [2.05, 4.69) is 93.7 Å². The Bertz CT molecular complexity index is 1710. The van der Waals surface area contributed by atoms with E-state index in [0.29, 0.717) is 19.3 Å². The lowest BCUT2D eigenvalue weighted by molar-refractivity contribution is -0.161. The molecule has 0 aliphatic heterocycles. The van der Waals surface area contributed by atoms with Gasteiger partial charge in [0.25, 0.3) is 0 Å². The Morgan fingerprint density at radius 3 is 1.12 bits per heavy atom. The molecule has 0 radical (unpaired) electrons. The minimum absolute atomic E-state index is 0.0581. The molecule has 0 fully saturated rings. The second-order valence-corrected chi connectivity index (χ2v) is 22.7. The fraction of sp³-hybridized carbons (Fsp3) is 0.721. The number of phosphoric ester groups is 1. The Morgan fingerprint density at radius 2 is 0.700 bits per heavy atom. The van der Waals surface area contributed by atoms with Crippen molar-refractivity contribution in [2.24, 2.45) is 0 Å². The van der Waals surface area contributed by atoms with Gasteiger partial charge >= 0.3 is 25.7 Å². The van der Waals surface area contributed by atoms with Gasteiger partial charge in [-0.25, -0.2) is 4.57 Å². The van der Waals surface area contributed by atoms with Gasteiger partial charge in [0.15, 0.2) is 6.10 Å². The van der Waals surface area contributed by atoms with Crippen molar-refractivity contribution in [2.45, 2.75) is 290 Å². The lowest BCUT2D eigenvalue weighted by Crippen LogP contribution is -2.30. The lowest BCUT2D eigenvalue weighted by Gasteiger charge is -2.21. The van der Waals surface area contributed by atoms with Crippen molar-refractivity contribution in [1.29, 1.82) is 0 Å². The number of carbonyl (C=O) groups excluding carboxylic acids is 3. The van der Waals surface area contributed by atoms with Crippen LogP contribution in [0, 0.1) is 0 Å². The summed E-state index contributed by atoms with van der Waals surface area (Å²) in [5.41, 5.74) is 0. The normalized spacial score (nSPS) is 13.9. The topological polar surface area (TPSA) is 155 Å². The highest BCUT2D eigenvalue weighted by molar-refractivity contribution is 7.47. The predicted molar refractivity (Wildman–Crippen MR) is 334 cm³/mol. The van der Waals surface area contributed by atoms with Crippen LogP contribution in [-0.4, -0.2) is 66.5 Å². The zero-order valence-electron chi connectivity index (χ0n) is 51.0. The summed E-state index contributed by atoms with van der Waals surface area (Å²) >= 11 is 0. The second kappa shape index (κ2) is 61.5. The monoisotopic (exact) mass is 1140 g/mol. The third-order valence-corrected chi connectivity index (χ3v) is 14.5. The van der Waals surface area contributed by atoms with Gasteiger partial charge < -0.3 is 24.2 Å². The number of hydrogen-bond acceptors (Lipinski definition) is 10. The number of ether oxygens (including phenoxy) is 3. The molecule has 0 amide bonds. The van der Waals surface area contributed by atoms with Crippen LogP contribution in [0.15, 0.2) is 97.2 Å². The predicted octanol–water partition coefficient (Wildman–Crippen LogP) is 19.6. The Morgan fingerprint density at radius 1 is 0.375 bits per heavy atom. The van der Waals surface area contributed by atoms with E-state index in [1.807, 2.05) is 18.2 Å². The van der Waals surface area contributed by atoms with Crippen molar-refractivity contribution in [2.75, 3.05) is 26.4 Å². The molecule has 0 saturated carbocycles. The SMILES string of the molecule is CC/C=C\C/C=C\C/C=C\C/C=C\C/C=C\CC(=O)OC(CO)COP(=O)(O)OCC(COC(=O)CCCCCCCC/C=C\C/C=C\C/C=C\CCCCC)OC(=O)CCCCCCCCCCCCCCCCCCCCC. The molecule has 12 heteroatoms. The first-order valence-electron chi connectivity index (χ1n) is 32.1. The van der Waals surface area contributed by atoms with Crippen LogP contribution >= 0.6 is 7.82 Å². The number of phosphoric acid groups is 1. The first kappa shape index (κ1) is 76.4. The number of aliphatic hydroxyl groups is 1. The van der Waals surface area contributed by atoms with Gasteiger partial charge in [-0.3, -0.25) is 23.4 Å². The maximum atomic E-state index is 13.0. The number of rotatable bonds is 59. The highest BCUT2D eigenvalue weighted by atomic mass is 31.2. The molecule has 3 unspecified atom stereocenters. The Balaban J connectivity index is 4.79. The molecule has 460 valence electrons. The fourth-order valence-corrected chi connectivity index (χ4v) is 9.46. The van der Waals surface area contributed by atoms with Gasteiger partial charge in [0, 0.05) is 12.8 Å². The van der Waals surface area contributed by atoms with Gasteiger partial charge in [0.05, 0.1) is 26.2 Å². The van der Waals surface area contributed by atoms with E-state index in [1.54, 1.807) is 6.08 Å². The van der Waals surface area contributed by atoms with Crippen LogP contribution in [0.3, 0.4) is 0 Å². The summed E-state index contributed by atoms with van der Waals surface area (Å²) in [6.45, 7) is 4.42. The molecule has 0 rings (SSSR count). The first-order chi connectivity index (χ1) is 39.2. The summed E-state index contributed by atoms with van der Waals surface area (Å²) in [7, 11) is -4.78. The van der Waals surface area contributed by atoms with Crippen molar-refractivity contribution < 1.29 is 52.2 Å². The van der Waals surface area contributed by atoms with Crippen LogP contribution in [0.4, 0.5) is 0 Å². The van der Waals surface area contributed by atoms with Crippen LogP contribution in [0.25, 0.3) is 0 Å². The fourth-order valence-electron chi connectivity index (χ4n) is 8.68. The van der Waals surface area contributed by atoms with Crippen molar-refractivity contribution >= 4 is 25.7 Å². The molecular formula is C68H117O11P. The minimum atomic E-state index is -4.78. The standard InChI is InChI=1S/C68H117O11P/c1-4-7-10-13-16-19-22-25-28-30-32-34-37-39-42-45-48-51-54-57-66(70)75-61-65(79-68(72)59-56-53-50-47-44-41-38-35-33-31-29-26-23-20-17-14-11-8-5-2)63-77-80(73,74)76-62-64(60-69)78-67(71)58-55-52-49-46-43-40-36-27-24-21-18-15-12-9-6-3/h9,12,16,18-19,21,25,27-28,32,34,36,43,46,52,55,64-65,69H,4-8,10-11,13-15,17,20,22-24,26,29-31,33,35,37-42,44-45,47-51,53-54,56-63H2,1-3H3,(H,73,74)/b12-9-,19-16-,21-18-,28-25-,34-32-,36-27-,46-43-,55-52-. The van der Waals surface area contributed by atoms with E-state index >= 15 is 0 Å². The second-order valence-electron chi connectivity index (χ2n) is 21.2. The number of allylic oxidation sites excluding steroid dienone is 15. The molecular weight excluding hydrogens is 1020 g/mol. The van der Waals surface area contributed by atoms with Crippen LogP contribution in [0.1, 0.15) is 278 Å². The molecule has 0 aliphatic rings. The molecule has 0 saturated heterocycles. The molecule has 0 heterocycles. The third kappa shape index (κ3) is 59.0. The van der Waals surface area contributed by atoms with Crippen molar-refractivity contribution in [3.05, 3.63) is 97.2 Å². The summed E-state index contributed by atoms with van der Waals surface area (Å²) in [5, 5.41) is 9.82. The lowest BCUT2D eigenvalue weighted by atomic mass is 10.0. The number of hydrogen-bond donors (Lipinski definition) is 2. The van der Waals surface area contributed by atoms with Gasteiger partial charge in [-0.1, -0.05) is 272 Å². The molecule has 0 aromatic carbocycles. The Kier molecular flexibility index (Phi) is 58.7. The largest absolute Gasteiger partial charge is 0.472 e. The maximum Gasteiger partial charge on any atom is 0.472 e. The number of unbranched alkanes of at least 4 members (excludes halogenated alkanes) is 27. The summed E-state index contributed by atoms with van der Waals surface area (Å²) < 4.78 is 39.6. The average molecular weight is 1140 g/mol. The number of esters is 3.